The van der Waals surface area contributed by atoms with Gasteiger partial charge in [0.25, 0.3) is 5.91 Å². The second-order valence-corrected chi connectivity index (χ2v) is 7.36. The van der Waals surface area contributed by atoms with Crippen molar-refractivity contribution in [2.24, 2.45) is 0 Å². The molecule has 30 heavy (non-hydrogen) atoms. The van der Waals surface area contributed by atoms with Crippen molar-refractivity contribution < 1.29 is 13.6 Å². The number of halogens is 3. The molecule has 1 amide bonds. The fourth-order valence-corrected chi connectivity index (χ4v) is 3.68. The average molecular weight is 433 g/mol. The highest BCUT2D eigenvalue weighted by Crippen LogP contribution is 2.30. The van der Waals surface area contributed by atoms with Crippen LogP contribution in [-0.2, 0) is 0 Å². The molecule has 0 atom stereocenters. The van der Waals surface area contributed by atoms with Gasteiger partial charge in [-0.05, 0) is 44.0 Å². The summed E-state index contributed by atoms with van der Waals surface area (Å²) in [5.41, 5.74) is 2.31. The molecule has 1 aliphatic rings. The zero-order chi connectivity index (χ0) is 20.4. The summed E-state index contributed by atoms with van der Waals surface area (Å²) >= 11 is 0. The molecule has 3 aromatic rings. The number of rotatable bonds is 3. The number of fused-ring (bicyclic) bond motifs is 1. The van der Waals surface area contributed by atoms with Crippen LogP contribution in [0.25, 0.3) is 11.0 Å². The highest BCUT2D eigenvalue weighted by molar-refractivity contribution is 6.07. The third-order valence-electron chi connectivity index (χ3n) is 5.12. The molecule has 1 aliphatic heterocycles. The number of anilines is 2. The fraction of sp³-hybridized carbons (Fsp3) is 0.318. The van der Waals surface area contributed by atoms with Crippen molar-refractivity contribution in [1.29, 1.82) is 0 Å². The molecule has 5 nitrogen and oxygen atoms in total. The van der Waals surface area contributed by atoms with E-state index in [0.29, 0.717) is 35.4 Å². The molecule has 0 unspecified atom stereocenters. The van der Waals surface area contributed by atoms with E-state index in [1.807, 2.05) is 24.0 Å². The number of nitrogens with one attached hydrogen (secondary N) is 1. The number of hydrogen-bond acceptors (Lipinski definition) is 4. The van der Waals surface area contributed by atoms with Gasteiger partial charge in [0.15, 0.2) is 5.65 Å². The van der Waals surface area contributed by atoms with Gasteiger partial charge in [0.05, 0.1) is 11.3 Å². The van der Waals surface area contributed by atoms with Crippen LogP contribution in [0.15, 0.2) is 36.5 Å². The Balaban J connectivity index is 0.00000256. The Bertz CT molecular complexity index is 1050. The third kappa shape index (κ3) is 4.67. The molecule has 3 heterocycles. The first-order valence-corrected chi connectivity index (χ1v) is 9.80. The van der Waals surface area contributed by atoms with Crippen LogP contribution in [0.2, 0.25) is 0 Å². The Hall–Kier alpha value is -2.80. The monoisotopic (exact) mass is 432 g/mol. The number of likely N-dealkylation sites (tertiary alicyclic amines) is 1. The van der Waals surface area contributed by atoms with Crippen molar-refractivity contribution in [2.45, 2.75) is 32.6 Å². The average Bonchev–Trinajstić information content (AvgIpc) is 2.96. The molecule has 1 fully saturated rings. The van der Waals surface area contributed by atoms with Gasteiger partial charge in [0.1, 0.15) is 11.6 Å². The highest BCUT2D eigenvalue weighted by Gasteiger charge is 2.23. The summed E-state index contributed by atoms with van der Waals surface area (Å²) < 4.78 is 27.4. The number of amides is 1. The van der Waals surface area contributed by atoms with Crippen LogP contribution in [-0.4, -0.2) is 33.9 Å². The van der Waals surface area contributed by atoms with E-state index >= 15 is 0 Å². The topological polar surface area (TPSA) is 58.1 Å². The number of carbonyl (C=O) groups is 1. The lowest BCUT2D eigenvalue weighted by Gasteiger charge is -2.22. The van der Waals surface area contributed by atoms with Crippen molar-refractivity contribution in [3.05, 3.63) is 59.4 Å². The summed E-state index contributed by atoms with van der Waals surface area (Å²) in [6.07, 6.45) is 5.64. The van der Waals surface area contributed by atoms with E-state index < -0.39 is 11.6 Å². The summed E-state index contributed by atoms with van der Waals surface area (Å²) in [5, 5.41) is 3.67. The van der Waals surface area contributed by atoms with Crippen LogP contribution in [0.5, 0.6) is 0 Å². The second kappa shape index (κ2) is 9.34. The van der Waals surface area contributed by atoms with Gasteiger partial charge in [-0.25, -0.2) is 18.7 Å². The van der Waals surface area contributed by atoms with Crippen molar-refractivity contribution in [2.75, 3.05) is 18.4 Å². The molecular formula is C22H23ClF2N4O. The van der Waals surface area contributed by atoms with Gasteiger partial charge in [-0.2, -0.15) is 0 Å². The first-order chi connectivity index (χ1) is 14.0. The van der Waals surface area contributed by atoms with Crippen LogP contribution < -0.4 is 5.32 Å². The quantitative estimate of drug-likeness (QED) is 0.602. The van der Waals surface area contributed by atoms with Crippen LogP contribution in [0.1, 0.15) is 41.7 Å². The van der Waals surface area contributed by atoms with Crippen molar-refractivity contribution in [3.63, 3.8) is 0 Å². The largest absolute Gasteiger partial charge is 0.354 e. The molecule has 1 N–H and O–H groups in total. The van der Waals surface area contributed by atoms with E-state index in [2.05, 4.69) is 15.3 Å². The number of benzene rings is 1. The Labute approximate surface area is 179 Å². The highest BCUT2D eigenvalue weighted by atomic mass is 35.5. The van der Waals surface area contributed by atoms with Gasteiger partial charge >= 0.3 is 0 Å². The number of hydrogen-bond donors (Lipinski definition) is 1. The molecule has 4 rings (SSSR count). The van der Waals surface area contributed by atoms with Crippen LogP contribution >= 0.6 is 12.4 Å². The van der Waals surface area contributed by atoms with Crippen molar-refractivity contribution in [1.82, 2.24) is 14.9 Å². The molecule has 1 aromatic carbocycles. The van der Waals surface area contributed by atoms with Gasteiger partial charge in [-0.1, -0.05) is 12.8 Å². The number of aryl methyl sites for hydroxylation is 1. The molecule has 0 saturated carbocycles. The van der Waals surface area contributed by atoms with E-state index in [4.69, 9.17) is 0 Å². The molecule has 0 aliphatic carbocycles. The van der Waals surface area contributed by atoms with Crippen molar-refractivity contribution >= 4 is 40.7 Å². The second-order valence-electron chi connectivity index (χ2n) is 7.36. The fourth-order valence-electron chi connectivity index (χ4n) is 3.68. The predicted octanol–water partition coefficient (Wildman–Crippen LogP) is 5.40. The summed E-state index contributed by atoms with van der Waals surface area (Å²) in [7, 11) is 0. The summed E-state index contributed by atoms with van der Waals surface area (Å²) in [4.78, 5) is 23.9. The van der Waals surface area contributed by atoms with Gasteiger partial charge in [-0.15, -0.1) is 12.4 Å². The maximum Gasteiger partial charge on any atom is 0.257 e. The number of aromatic nitrogens is 2. The predicted molar refractivity (Wildman–Crippen MR) is 116 cm³/mol. The first kappa shape index (κ1) is 21.9. The van der Waals surface area contributed by atoms with Gasteiger partial charge in [0, 0.05) is 42.1 Å². The molecule has 0 bridgehead atoms. The lowest BCUT2D eigenvalue weighted by Crippen LogP contribution is -2.32. The molecule has 8 heteroatoms. The normalized spacial score (nSPS) is 14.2. The minimum Gasteiger partial charge on any atom is -0.354 e. The SMILES string of the molecule is Cc1ccc2c(Nc3cc(F)cc(F)c3)c(C(=O)N3CCCCCC3)cnc2n1.Cl. The molecule has 0 spiro atoms. The zero-order valence-electron chi connectivity index (χ0n) is 16.6. The van der Waals surface area contributed by atoms with Crippen LogP contribution in [0, 0.1) is 18.6 Å². The number of pyridine rings is 2. The molecule has 2 aromatic heterocycles. The van der Waals surface area contributed by atoms with E-state index in [0.717, 1.165) is 37.4 Å². The minimum atomic E-state index is -0.694. The Morgan fingerprint density at radius 2 is 1.70 bits per heavy atom. The maximum atomic E-state index is 13.7. The Kier molecular flexibility index (Phi) is 6.82. The lowest BCUT2D eigenvalue weighted by molar-refractivity contribution is 0.0762. The van der Waals surface area contributed by atoms with Crippen LogP contribution in [0.4, 0.5) is 20.2 Å². The Morgan fingerprint density at radius 1 is 1.03 bits per heavy atom. The van der Waals surface area contributed by atoms with E-state index in [1.165, 1.54) is 18.3 Å². The van der Waals surface area contributed by atoms with Gasteiger partial charge in [0.2, 0.25) is 0 Å². The molecule has 158 valence electrons. The summed E-state index contributed by atoms with van der Waals surface area (Å²) in [6, 6.07) is 6.84. The molecule has 0 radical (unpaired) electrons. The van der Waals surface area contributed by atoms with E-state index in [1.54, 1.807) is 0 Å². The lowest BCUT2D eigenvalue weighted by atomic mass is 10.1. The third-order valence-corrected chi connectivity index (χ3v) is 5.12. The number of carbonyl (C=O) groups excluding carboxylic acids is 1. The molecular weight excluding hydrogens is 410 g/mol. The standard InChI is InChI=1S/C22H22F2N4O.ClH/c1-14-6-7-18-20(27-17-11-15(23)10-16(24)12-17)19(13-25-21(18)26-14)22(29)28-8-4-2-3-5-9-28;/h6-7,10-13H,2-5,8-9H2,1H3,(H,25,26,27);1H. The van der Waals surface area contributed by atoms with Gasteiger partial charge in [-0.3, -0.25) is 4.79 Å². The summed E-state index contributed by atoms with van der Waals surface area (Å²) in [5.74, 6) is -1.53. The Morgan fingerprint density at radius 3 is 2.37 bits per heavy atom. The van der Waals surface area contributed by atoms with E-state index in [-0.39, 0.29) is 24.0 Å². The zero-order valence-corrected chi connectivity index (χ0v) is 17.4. The summed E-state index contributed by atoms with van der Waals surface area (Å²) in [6.45, 7) is 3.24. The number of nitrogens with zero attached hydrogens (tertiary/aromatic N) is 3. The minimum absolute atomic E-state index is 0. The first-order valence-electron chi connectivity index (χ1n) is 9.80. The maximum absolute atomic E-state index is 13.7. The van der Waals surface area contributed by atoms with Gasteiger partial charge < -0.3 is 10.2 Å². The van der Waals surface area contributed by atoms with Crippen LogP contribution in [0.3, 0.4) is 0 Å². The molecule has 1 saturated heterocycles. The smallest absolute Gasteiger partial charge is 0.257 e. The van der Waals surface area contributed by atoms with Crippen molar-refractivity contribution in [3.8, 4) is 0 Å². The van der Waals surface area contributed by atoms with E-state index in [9.17, 15) is 13.6 Å².